The average Bonchev–Trinajstić information content (AvgIpc) is 2.85. The van der Waals surface area contributed by atoms with E-state index in [0.29, 0.717) is 6.04 Å². The SMILES string of the molecule is CCN1CCC[C@@H]1CNC(=O)C1=C2C=C3CC3=C2C=C1. The van der Waals surface area contributed by atoms with Gasteiger partial charge >= 0.3 is 0 Å². The molecule has 4 rings (SSSR count). The van der Waals surface area contributed by atoms with Crippen molar-refractivity contribution in [3.05, 3.63) is 46.1 Å². The second kappa shape index (κ2) is 4.45. The molecule has 0 unspecified atom stereocenters. The molecular formula is C17H20N2O. The van der Waals surface area contributed by atoms with Crippen LogP contribution in [0.25, 0.3) is 0 Å². The monoisotopic (exact) mass is 268 g/mol. The second-order valence-electron chi connectivity index (χ2n) is 6.03. The summed E-state index contributed by atoms with van der Waals surface area (Å²) in [5, 5.41) is 3.13. The van der Waals surface area contributed by atoms with Crippen molar-refractivity contribution < 1.29 is 4.79 Å². The number of hydrogen-bond acceptors (Lipinski definition) is 2. The molecule has 0 aromatic carbocycles. The third-order valence-electron chi connectivity index (χ3n) is 4.92. The molecule has 20 heavy (non-hydrogen) atoms. The Hall–Kier alpha value is -1.61. The molecule has 0 spiro atoms. The van der Waals surface area contributed by atoms with Crippen LogP contribution in [0.5, 0.6) is 0 Å². The van der Waals surface area contributed by atoms with Crippen LogP contribution in [0.2, 0.25) is 0 Å². The van der Waals surface area contributed by atoms with Gasteiger partial charge in [-0.2, -0.15) is 0 Å². The highest BCUT2D eigenvalue weighted by Gasteiger charge is 2.35. The molecule has 1 N–H and O–H groups in total. The lowest BCUT2D eigenvalue weighted by molar-refractivity contribution is -0.117. The molecule has 0 aromatic rings. The van der Waals surface area contributed by atoms with E-state index in [1.165, 1.54) is 36.1 Å². The lowest BCUT2D eigenvalue weighted by Gasteiger charge is -2.23. The summed E-state index contributed by atoms with van der Waals surface area (Å²) in [6, 6.07) is 0.521. The number of nitrogens with one attached hydrogen (secondary N) is 1. The number of hydrogen-bond donors (Lipinski definition) is 1. The van der Waals surface area contributed by atoms with Gasteiger partial charge in [0.05, 0.1) is 0 Å². The fourth-order valence-corrected chi connectivity index (χ4v) is 3.68. The summed E-state index contributed by atoms with van der Waals surface area (Å²) in [6.45, 7) is 5.23. The van der Waals surface area contributed by atoms with E-state index in [0.717, 1.165) is 30.7 Å². The van der Waals surface area contributed by atoms with E-state index in [-0.39, 0.29) is 5.91 Å². The van der Waals surface area contributed by atoms with Gasteiger partial charge < -0.3 is 5.32 Å². The van der Waals surface area contributed by atoms with Crippen LogP contribution in [-0.2, 0) is 4.79 Å². The minimum absolute atomic E-state index is 0.0907. The zero-order valence-corrected chi connectivity index (χ0v) is 11.9. The van der Waals surface area contributed by atoms with Gasteiger partial charge in [0.2, 0.25) is 0 Å². The van der Waals surface area contributed by atoms with Crippen LogP contribution >= 0.6 is 0 Å². The maximum absolute atomic E-state index is 12.4. The molecule has 1 atom stereocenters. The van der Waals surface area contributed by atoms with Crippen molar-refractivity contribution >= 4 is 5.91 Å². The lowest BCUT2D eigenvalue weighted by Crippen LogP contribution is -2.40. The predicted molar refractivity (Wildman–Crippen MR) is 79.2 cm³/mol. The number of fused-ring (bicyclic) bond motifs is 2. The van der Waals surface area contributed by atoms with E-state index >= 15 is 0 Å². The molecule has 1 heterocycles. The number of allylic oxidation sites excluding steroid dienone is 6. The summed E-state index contributed by atoms with van der Waals surface area (Å²) in [7, 11) is 0. The van der Waals surface area contributed by atoms with E-state index in [9.17, 15) is 4.79 Å². The smallest absolute Gasteiger partial charge is 0.251 e. The first kappa shape index (κ1) is 12.2. The van der Waals surface area contributed by atoms with Gasteiger partial charge in [0, 0.05) is 18.2 Å². The number of likely N-dealkylation sites (N-methyl/N-ethyl adjacent to an activating group) is 1. The minimum atomic E-state index is 0.0907. The lowest BCUT2D eigenvalue weighted by atomic mass is 10.1. The molecule has 4 aliphatic rings. The van der Waals surface area contributed by atoms with E-state index in [4.69, 9.17) is 0 Å². The molecule has 1 amide bonds. The standard InChI is InChI=1S/C17H20N2O/c1-2-19-7-3-4-12(19)10-18-17(20)14-6-5-13-15-8-11(15)9-16(13)14/h5-6,9,12H,2-4,7-8,10H2,1H3,(H,18,20)/t12-/m1/s1. The van der Waals surface area contributed by atoms with E-state index in [2.05, 4.69) is 29.3 Å². The third kappa shape index (κ3) is 1.80. The molecule has 0 aromatic heterocycles. The van der Waals surface area contributed by atoms with E-state index in [1.807, 2.05) is 6.08 Å². The highest BCUT2D eigenvalue weighted by Crippen LogP contribution is 2.51. The molecule has 0 radical (unpaired) electrons. The number of rotatable bonds is 4. The van der Waals surface area contributed by atoms with Gasteiger partial charge in [0.1, 0.15) is 0 Å². The normalized spacial score (nSPS) is 27.1. The summed E-state index contributed by atoms with van der Waals surface area (Å²) in [5.74, 6) is 0.0907. The zero-order valence-electron chi connectivity index (χ0n) is 11.9. The summed E-state index contributed by atoms with van der Waals surface area (Å²) in [4.78, 5) is 14.8. The van der Waals surface area contributed by atoms with E-state index in [1.54, 1.807) is 0 Å². The van der Waals surface area contributed by atoms with Crippen molar-refractivity contribution in [2.75, 3.05) is 19.6 Å². The van der Waals surface area contributed by atoms with Crippen molar-refractivity contribution in [3.63, 3.8) is 0 Å². The first-order valence-electron chi connectivity index (χ1n) is 7.67. The van der Waals surface area contributed by atoms with Crippen LogP contribution in [0, 0.1) is 0 Å². The van der Waals surface area contributed by atoms with Crippen LogP contribution in [0.3, 0.4) is 0 Å². The first-order valence-corrected chi connectivity index (χ1v) is 7.67. The summed E-state index contributed by atoms with van der Waals surface area (Å²) < 4.78 is 0. The molecule has 1 saturated carbocycles. The van der Waals surface area contributed by atoms with Gasteiger partial charge in [0.15, 0.2) is 0 Å². The Bertz CT molecular complexity index is 606. The molecule has 0 bridgehead atoms. The van der Waals surface area contributed by atoms with Gasteiger partial charge in [-0.15, -0.1) is 0 Å². The van der Waals surface area contributed by atoms with Crippen LogP contribution in [0.15, 0.2) is 46.1 Å². The molecular weight excluding hydrogens is 248 g/mol. The largest absolute Gasteiger partial charge is 0.350 e. The maximum Gasteiger partial charge on any atom is 0.251 e. The van der Waals surface area contributed by atoms with Gasteiger partial charge in [-0.05, 0) is 66.8 Å². The molecule has 3 nitrogen and oxygen atoms in total. The molecule has 104 valence electrons. The number of carbonyl (C=O) groups excluding carboxylic acids is 1. The highest BCUT2D eigenvalue weighted by molar-refractivity contribution is 6.01. The van der Waals surface area contributed by atoms with Crippen LogP contribution in [0.1, 0.15) is 26.2 Å². The van der Waals surface area contributed by atoms with Crippen LogP contribution < -0.4 is 5.32 Å². The van der Waals surface area contributed by atoms with Gasteiger partial charge in [-0.1, -0.05) is 13.0 Å². The zero-order chi connectivity index (χ0) is 13.7. The van der Waals surface area contributed by atoms with Gasteiger partial charge in [-0.3, -0.25) is 9.69 Å². The number of amides is 1. The van der Waals surface area contributed by atoms with Crippen molar-refractivity contribution in [3.8, 4) is 0 Å². The quantitative estimate of drug-likeness (QED) is 0.847. The Morgan fingerprint density at radius 2 is 2.30 bits per heavy atom. The van der Waals surface area contributed by atoms with Crippen LogP contribution in [-0.4, -0.2) is 36.5 Å². The fourth-order valence-electron chi connectivity index (χ4n) is 3.68. The Kier molecular flexibility index (Phi) is 2.71. The van der Waals surface area contributed by atoms with Gasteiger partial charge in [0.25, 0.3) is 5.91 Å². The van der Waals surface area contributed by atoms with Crippen molar-refractivity contribution in [2.45, 2.75) is 32.2 Å². The molecule has 3 heteroatoms. The van der Waals surface area contributed by atoms with Crippen LogP contribution in [0.4, 0.5) is 0 Å². The molecule has 1 saturated heterocycles. The highest BCUT2D eigenvalue weighted by atomic mass is 16.1. The fraction of sp³-hybridized carbons (Fsp3) is 0.471. The van der Waals surface area contributed by atoms with Crippen molar-refractivity contribution in [1.29, 1.82) is 0 Å². The molecule has 3 aliphatic carbocycles. The van der Waals surface area contributed by atoms with Crippen molar-refractivity contribution in [2.24, 2.45) is 0 Å². The topological polar surface area (TPSA) is 32.3 Å². The summed E-state index contributed by atoms with van der Waals surface area (Å²) in [6.07, 6.45) is 9.85. The third-order valence-corrected chi connectivity index (χ3v) is 4.92. The molecule has 2 fully saturated rings. The Morgan fingerprint density at radius 1 is 1.40 bits per heavy atom. The molecule has 1 aliphatic heterocycles. The first-order chi connectivity index (χ1) is 9.78. The Balaban J connectivity index is 1.43. The summed E-state index contributed by atoms with van der Waals surface area (Å²) >= 11 is 0. The average molecular weight is 268 g/mol. The van der Waals surface area contributed by atoms with E-state index < -0.39 is 0 Å². The second-order valence-corrected chi connectivity index (χ2v) is 6.03. The minimum Gasteiger partial charge on any atom is -0.350 e. The number of likely N-dealkylation sites (tertiary alicyclic amines) is 1. The predicted octanol–water partition coefficient (Wildman–Crippen LogP) is 2.09. The maximum atomic E-state index is 12.4. The summed E-state index contributed by atoms with van der Waals surface area (Å²) in [5.41, 5.74) is 6.18. The number of carbonyl (C=O) groups is 1. The van der Waals surface area contributed by atoms with Crippen molar-refractivity contribution in [1.82, 2.24) is 10.2 Å². The Morgan fingerprint density at radius 3 is 3.15 bits per heavy atom. The Labute approximate surface area is 119 Å². The number of nitrogens with zero attached hydrogens (tertiary/aromatic N) is 1. The van der Waals surface area contributed by atoms with Gasteiger partial charge in [-0.25, -0.2) is 0 Å².